The lowest BCUT2D eigenvalue weighted by molar-refractivity contribution is -0.120. The van der Waals surface area contributed by atoms with E-state index in [0.29, 0.717) is 17.9 Å². The van der Waals surface area contributed by atoms with Gasteiger partial charge >= 0.3 is 6.09 Å². The van der Waals surface area contributed by atoms with Gasteiger partial charge in [-0.2, -0.15) is 0 Å². The number of benzene rings is 2. The van der Waals surface area contributed by atoms with Gasteiger partial charge < -0.3 is 14.8 Å². The van der Waals surface area contributed by atoms with Crippen molar-refractivity contribution in [2.75, 3.05) is 29.8 Å². The average molecular weight is 496 g/mol. The summed E-state index contributed by atoms with van der Waals surface area (Å²) in [6.45, 7) is 7.30. The van der Waals surface area contributed by atoms with Gasteiger partial charge in [-0.1, -0.05) is 6.92 Å². The molecule has 1 aliphatic heterocycles. The van der Waals surface area contributed by atoms with Gasteiger partial charge in [-0.15, -0.1) is 0 Å². The quantitative estimate of drug-likeness (QED) is 0.665. The van der Waals surface area contributed by atoms with Crippen molar-refractivity contribution in [1.82, 2.24) is 5.32 Å². The Labute approximate surface area is 199 Å². The summed E-state index contributed by atoms with van der Waals surface area (Å²) in [5, 5.41) is 5.06. The number of hydrogen-bond donors (Lipinski definition) is 2. The fraction of sp³-hybridized carbons (Fsp3) is 0.391. The maximum Gasteiger partial charge on any atom is 0.412 e. The van der Waals surface area contributed by atoms with Crippen LogP contribution in [-0.4, -0.2) is 46.2 Å². The van der Waals surface area contributed by atoms with Crippen LogP contribution in [-0.2, 0) is 19.6 Å². The normalized spacial score (nSPS) is 12.9. The molecule has 2 aromatic rings. The zero-order valence-electron chi connectivity index (χ0n) is 19.8. The SMILES string of the molecule is CC(C)(C)OC(=O)Nc1ccc2c(c1)N(S(=O)(=O)c1ccc(F)cc1)CCO2.CCC(=O)NC. The van der Waals surface area contributed by atoms with Crippen LogP contribution in [0.25, 0.3) is 0 Å². The molecule has 9 nitrogen and oxygen atoms in total. The molecule has 1 aliphatic rings. The lowest BCUT2D eigenvalue weighted by Gasteiger charge is -2.31. The second kappa shape index (κ2) is 11.2. The molecule has 0 aromatic heterocycles. The molecule has 0 saturated carbocycles. The molecule has 0 spiro atoms. The van der Waals surface area contributed by atoms with Crippen LogP contribution in [0.2, 0.25) is 0 Å². The Balaban J connectivity index is 0.000000604. The van der Waals surface area contributed by atoms with Crippen molar-refractivity contribution in [3.63, 3.8) is 0 Å². The van der Waals surface area contributed by atoms with E-state index in [1.165, 1.54) is 22.5 Å². The molecular formula is C23H30FN3O6S. The fourth-order valence-corrected chi connectivity index (χ4v) is 4.30. The van der Waals surface area contributed by atoms with Crippen LogP contribution in [0, 0.1) is 5.82 Å². The van der Waals surface area contributed by atoms with Crippen molar-refractivity contribution < 1.29 is 31.9 Å². The van der Waals surface area contributed by atoms with Gasteiger partial charge in [0.25, 0.3) is 10.0 Å². The van der Waals surface area contributed by atoms with E-state index in [2.05, 4.69) is 10.6 Å². The number of ether oxygens (including phenoxy) is 2. The highest BCUT2D eigenvalue weighted by Gasteiger charge is 2.30. The van der Waals surface area contributed by atoms with E-state index in [9.17, 15) is 22.4 Å². The molecular weight excluding hydrogens is 465 g/mol. The van der Waals surface area contributed by atoms with Crippen LogP contribution in [0.4, 0.5) is 20.6 Å². The predicted molar refractivity (Wildman–Crippen MR) is 127 cm³/mol. The average Bonchev–Trinajstić information content (AvgIpc) is 2.77. The molecule has 34 heavy (non-hydrogen) atoms. The molecule has 2 aromatic carbocycles. The van der Waals surface area contributed by atoms with E-state index in [1.807, 2.05) is 6.92 Å². The van der Waals surface area contributed by atoms with Crippen LogP contribution in [0.5, 0.6) is 5.75 Å². The van der Waals surface area contributed by atoms with Gasteiger partial charge in [0.1, 0.15) is 23.8 Å². The molecule has 1 heterocycles. The third kappa shape index (κ3) is 7.34. The number of carbonyl (C=O) groups excluding carboxylic acids is 2. The third-order valence-corrected chi connectivity index (χ3v) is 6.25. The molecule has 2 amide bonds. The number of nitrogens with one attached hydrogen (secondary N) is 2. The number of halogens is 1. The lowest BCUT2D eigenvalue weighted by Crippen LogP contribution is -2.38. The summed E-state index contributed by atoms with van der Waals surface area (Å²) in [5.74, 6) is -0.0631. The Hall–Kier alpha value is -3.34. The van der Waals surface area contributed by atoms with E-state index in [0.717, 1.165) is 12.1 Å². The number of rotatable bonds is 4. The largest absolute Gasteiger partial charge is 0.489 e. The molecule has 0 atom stereocenters. The van der Waals surface area contributed by atoms with Crippen LogP contribution in [0.3, 0.4) is 0 Å². The minimum absolute atomic E-state index is 0.0349. The minimum atomic E-state index is -3.92. The second-order valence-corrected chi connectivity index (χ2v) is 10.1. The summed E-state index contributed by atoms with van der Waals surface area (Å²) in [6.07, 6.45) is -0.0756. The van der Waals surface area contributed by atoms with Crippen LogP contribution in [0.15, 0.2) is 47.4 Å². The highest BCUT2D eigenvalue weighted by Crippen LogP contribution is 2.37. The molecule has 0 fully saturated rings. The zero-order chi connectivity index (χ0) is 25.5. The maximum absolute atomic E-state index is 13.2. The first-order valence-electron chi connectivity index (χ1n) is 10.6. The van der Waals surface area contributed by atoms with E-state index in [1.54, 1.807) is 40.0 Å². The molecule has 0 aliphatic carbocycles. The van der Waals surface area contributed by atoms with E-state index >= 15 is 0 Å². The maximum atomic E-state index is 13.2. The van der Waals surface area contributed by atoms with E-state index in [4.69, 9.17) is 9.47 Å². The summed E-state index contributed by atoms with van der Waals surface area (Å²) in [4.78, 5) is 22.0. The Morgan fingerprint density at radius 3 is 2.32 bits per heavy atom. The Morgan fingerprint density at radius 2 is 1.79 bits per heavy atom. The molecule has 186 valence electrons. The van der Waals surface area contributed by atoms with Crippen molar-refractivity contribution >= 4 is 33.4 Å². The number of amides is 2. The standard InChI is InChI=1S/C19H21FN2O5S.C4H9NO/c1-19(2,3)27-18(23)21-14-6-9-17-16(12-14)22(10-11-26-17)28(24,25)15-7-4-13(20)5-8-15;1-3-4(6)5-2/h4-9,12H,10-11H2,1-3H3,(H,21,23);3H2,1-2H3,(H,5,6). The number of hydrogen-bond acceptors (Lipinski definition) is 6. The van der Waals surface area contributed by atoms with Crippen molar-refractivity contribution in [2.24, 2.45) is 0 Å². The Morgan fingerprint density at radius 1 is 1.15 bits per heavy atom. The smallest absolute Gasteiger partial charge is 0.412 e. The number of fused-ring (bicyclic) bond motifs is 1. The lowest BCUT2D eigenvalue weighted by atomic mass is 10.2. The first kappa shape index (κ1) is 26.9. The van der Waals surface area contributed by atoms with Gasteiger partial charge in [-0.05, 0) is 63.2 Å². The molecule has 0 unspecified atom stereocenters. The van der Waals surface area contributed by atoms with Gasteiger partial charge in [0.05, 0.1) is 17.1 Å². The zero-order valence-corrected chi connectivity index (χ0v) is 20.7. The van der Waals surface area contributed by atoms with Crippen LogP contribution >= 0.6 is 0 Å². The van der Waals surface area contributed by atoms with Gasteiger partial charge in [-0.3, -0.25) is 14.4 Å². The van der Waals surface area contributed by atoms with Crippen LogP contribution in [0.1, 0.15) is 34.1 Å². The highest BCUT2D eigenvalue weighted by molar-refractivity contribution is 7.92. The summed E-state index contributed by atoms with van der Waals surface area (Å²) >= 11 is 0. The Bertz CT molecular complexity index is 1110. The van der Waals surface area contributed by atoms with Gasteiger partial charge in [0, 0.05) is 19.2 Å². The molecule has 0 bridgehead atoms. The van der Waals surface area contributed by atoms with Crippen molar-refractivity contribution in [2.45, 2.75) is 44.6 Å². The first-order chi connectivity index (χ1) is 15.9. The molecule has 3 rings (SSSR count). The van der Waals surface area contributed by atoms with Crippen molar-refractivity contribution in [3.8, 4) is 5.75 Å². The van der Waals surface area contributed by atoms with Gasteiger partial charge in [0.2, 0.25) is 5.91 Å². The van der Waals surface area contributed by atoms with Gasteiger partial charge in [0.15, 0.2) is 0 Å². The van der Waals surface area contributed by atoms with E-state index in [-0.39, 0.29) is 29.6 Å². The number of nitrogens with zero attached hydrogens (tertiary/aromatic N) is 1. The molecule has 0 radical (unpaired) electrons. The predicted octanol–water partition coefficient (Wildman–Crippen LogP) is 3.90. The fourth-order valence-electron chi connectivity index (χ4n) is 2.85. The molecule has 11 heteroatoms. The summed E-state index contributed by atoms with van der Waals surface area (Å²) in [6, 6.07) is 9.28. The number of carbonyl (C=O) groups is 2. The summed E-state index contributed by atoms with van der Waals surface area (Å²) < 4.78 is 51.1. The molecule has 0 saturated heterocycles. The number of sulfonamides is 1. The topological polar surface area (TPSA) is 114 Å². The summed E-state index contributed by atoms with van der Waals surface area (Å²) in [5.41, 5.74) is -0.0266. The minimum Gasteiger partial charge on any atom is -0.489 e. The Kier molecular flexibility index (Phi) is 8.86. The summed E-state index contributed by atoms with van der Waals surface area (Å²) in [7, 11) is -2.29. The van der Waals surface area contributed by atoms with Crippen LogP contribution < -0.4 is 19.7 Å². The second-order valence-electron chi connectivity index (χ2n) is 8.22. The monoisotopic (exact) mass is 495 g/mol. The highest BCUT2D eigenvalue weighted by atomic mass is 32.2. The van der Waals surface area contributed by atoms with Crippen molar-refractivity contribution in [1.29, 1.82) is 0 Å². The van der Waals surface area contributed by atoms with Gasteiger partial charge in [-0.25, -0.2) is 17.6 Å². The first-order valence-corrected chi connectivity index (χ1v) is 12.1. The van der Waals surface area contributed by atoms with Crippen molar-refractivity contribution in [3.05, 3.63) is 48.3 Å². The van der Waals surface area contributed by atoms with E-state index < -0.39 is 27.5 Å². The number of anilines is 2. The third-order valence-electron chi connectivity index (χ3n) is 4.43. The molecule has 2 N–H and O–H groups in total.